The Kier molecular flexibility index (Phi) is 8.25. The topological polar surface area (TPSA) is 132 Å². The van der Waals surface area contributed by atoms with Crippen LogP contribution in [-0.2, 0) is 4.79 Å². The molecular formula is C27H28N4O3. The first-order chi connectivity index (χ1) is 16.4. The zero-order chi connectivity index (χ0) is 24.5. The summed E-state index contributed by atoms with van der Waals surface area (Å²) in [5.74, 6) is 2.30. The number of hydrogen-bond acceptors (Lipinski definition) is 4. The van der Waals surface area contributed by atoms with Gasteiger partial charge in [0.05, 0.1) is 5.92 Å². The molecule has 7 heteroatoms. The summed E-state index contributed by atoms with van der Waals surface area (Å²) >= 11 is 0. The quantitative estimate of drug-likeness (QED) is 0.172. The minimum atomic E-state index is -0.230. The van der Waals surface area contributed by atoms with Gasteiger partial charge in [-0.15, -0.1) is 6.42 Å². The van der Waals surface area contributed by atoms with Gasteiger partial charge in [-0.25, -0.2) is 0 Å². The molecule has 0 radical (unpaired) electrons. The lowest BCUT2D eigenvalue weighted by Gasteiger charge is -2.16. The summed E-state index contributed by atoms with van der Waals surface area (Å²) in [6.45, 7) is 0.511. The Morgan fingerprint density at radius 3 is 2.85 bits per heavy atom. The van der Waals surface area contributed by atoms with Crippen molar-refractivity contribution in [2.24, 2.45) is 17.6 Å². The zero-order valence-electron chi connectivity index (χ0n) is 18.8. The minimum absolute atomic E-state index is 0.0354. The molecular weight excluding hydrogens is 428 g/mol. The summed E-state index contributed by atoms with van der Waals surface area (Å²) in [6, 6.07) is 7.95. The van der Waals surface area contributed by atoms with Gasteiger partial charge in [0, 0.05) is 35.9 Å². The van der Waals surface area contributed by atoms with Gasteiger partial charge < -0.3 is 21.1 Å². The standard InChI is InChI=1S/C27H28N4O3/c1-2-18(5-6-21-16-22(26(28)29)11-13-24(21)32)4-3-15-30-27(34)20-9-7-19(8-10-20)23-12-14-25(33)31-17-23/h1,5-9,11-14,16-18,20,32H,3-4,10,15H2,(H3,28,29)(H,30,34)(H,31,33)/b6-5+. The molecule has 2 atom stereocenters. The Bertz CT molecular complexity index is 1230. The van der Waals surface area contributed by atoms with Crippen molar-refractivity contribution in [3.63, 3.8) is 0 Å². The molecule has 2 unspecified atom stereocenters. The fourth-order valence-electron chi connectivity index (χ4n) is 3.59. The number of carbonyl (C=O) groups is 1. The zero-order valence-corrected chi connectivity index (χ0v) is 18.8. The molecule has 1 aromatic heterocycles. The number of phenols is 1. The summed E-state index contributed by atoms with van der Waals surface area (Å²) in [7, 11) is 0. The van der Waals surface area contributed by atoms with E-state index in [1.807, 2.05) is 24.3 Å². The van der Waals surface area contributed by atoms with E-state index >= 15 is 0 Å². The summed E-state index contributed by atoms with van der Waals surface area (Å²) < 4.78 is 0. The molecule has 0 saturated heterocycles. The Morgan fingerprint density at radius 1 is 1.38 bits per heavy atom. The van der Waals surface area contributed by atoms with E-state index in [9.17, 15) is 14.7 Å². The summed E-state index contributed by atoms with van der Waals surface area (Å²) in [6.07, 6.45) is 18.6. The van der Waals surface area contributed by atoms with Gasteiger partial charge in [-0.05, 0) is 54.7 Å². The number of nitrogens with two attached hydrogens (primary N) is 1. The van der Waals surface area contributed by atoms with Crippen LogP contribution in [0.1, 0.15) is 36.0 Å². The number of benzene rings is 1. The molecule has 1 aliphatic carbocycles. The number of phenolic OH excluding ortho intramolecular Hbond substituents is 1. The number of aromatic amines is 1. The van der Waals surface area contributed by atoms with Crippen molar-refractivity contribution in [2.75, 3.05) is 6.54 Å². The largest absolute Gasteiger partial charge is 0.507 e. The smallest absolute Gasteiger partial charge is 0.247 e. The van der Waals surface area contributed by atoms with Crippen molar-refractivity contribution in [2.45, 2.75) is 19.3 Å². The first kappa shape index (κ1) is 24.3. The summed E-state index contributed by atoms with van der Waals surface area (Å²) in [5, 5.41) is 20.5. The van der Waals surface area contributed by atoms with E-state index in [0.717, 1.165) is 11.1 Å². The third-order valence-corrected chi connectivity index (χ3v) is 5.61. The lowest BCUT2D eigenvalue weighted by Crippen LogP contribution is -2.31. The molecule has 1 heterocycles. The molecule has 34 heavy (non-hydrogen) atoms. The highest BCUT2D eigenvalue weighted by molar-refractivity contribution is 5.95. The predicted molar refractivity (Wildman–Crippen MR) is 135 cm³/mol. The Hall–Kier alpha value is -4.31. The number of allylic oxidation sites excluding steroid dienone is 4. The monoisotopic (exact) mass is 456 g/mol. The average molecular weight is 457 g/mol. The van der Waals surface area contributed by atoms with Crippen molar-refractivity contribution in [1.29, 1.82) is 5.41 Å². The van der Waals surface area contributed by atoms with Crippen molar-refractivity contribution >= 4 is 23.4 Å². The number of amides is 1. The van der Waals surface area contributed by atoms with Gasteiger partial charge in [-0.3, -0.25) is 15.0 Å². The Morgan fingerprint density at radius 2 is 2.21 bits per heavy atom. The van der Waals surface area contributed by atoms with Gasteiger partial charge >= 0.3 is 0 Å². The molecule has 1 aromatic carbocycles. The van der Waals surface area contributed by atoms with Crippen LogP contribution in [0, 0.1) is 29.6 Å². The summed E-state index contributed by atoms with van der Waals surface area (Å²) in [4.78, 5) is 26.3. The molecule has 3 rings (SSSR count). The van der Waals surface area contributed by atoms with E-state index in [1.165, 1.54) is 12.1 Å². The molecule has 6 N–H and O–H groups in total. The second kappa shape index (κ2) is 11.5. The number of amidine groups is 1. The minimum Gasteiger partial charge on any atom is -0.507 e. The highest BCUT2D eigenvalue weighted by Gasteiger charge is 2.17. The van der Waals surface area contributed by atoms with Crippen LogP contribution in [0.25, 0.3) is 11.6 Å². The van der Waals surface area contributed by atoms with E-state index in [0.29, 0.717) is 36.9 Å². The van der Waals surface area contributed by atoms with Crippen molar-refractivity contribution in [3.8, 4) is 18.1 Å². The van der Waals surface area contributed by atoms with Gasteiger partial charge in [0.1, 0.15) is 11.6 Å². The lowest BCUT2D eigenvalue weighted by atomic mass is 9.93. The van der Waals surface area contributed by atoms with Crippen LogP contribution in [0.3, 0.4) is 0 Å². The fourth-order valence-corrected chi connectivity index (χ4v) is 3.59. The molecule has 0 fully saturated rings. The molecule has 2 aromatic rings. The Balaban J connectivity index is 1.45. The van der Waals surface area contributed by atoms with E-state index in [4.69, 9.17) is 17.6 Å². The maximum atomic E-state index is 12.5. The van der Waals surface area contributed by atoms with Gasteiger partial charge in [0.2, 0.25) is 11.5 Å². The second-order valence-corrected chi connectivity index (χ2v) is 8.06. The third kappa shape index (κ3) is 6.59. The van der Waals surface area contributed by atoms with Gasteiger partial charge in [0.25, 0.3) is 0 Å². The van der Waals surface area contributed by atoms with Crippen LogP contribution in [0.15, 0.2) is 65.6 Å². The summed E-state index contributed by atoms with van der Waals surface area (Å²) in [5.41, 5.74) is 8.30. The van der Waals surface area contributed by atoms with Gasteiger partial charge in [0.15, 0.2) is 0 Å². The van der Waals surface area contributed by atoms with Crippen LogP contribution < -0.4 is 16.6 Å². The highest BCUT2D eigenvalue weighted by Crippen LogP contribution is 2.24. The molecule has 174 valence electrons. The molecule has 1 aliphatic rings. The van der Waals surface area contributed by atoms with Crippen LogP contribution in [0.4, 0.5) is 0 Å². The number of hydrogen-bond donors (Lipinski definition) is 5. The van der Waals surface area contributed by atoms with E-state index < -0.39 is 0 Å². The average Bonchev–Trinajstić information content (AvgIpc) is 2.84. The number of aromatic hydroxyl groups is 1. The molecule has 0 saturated carbocycles. The fraction of sp³-hybridized carbons (Fsp3) is 0.222. The normalized spacial score (nSPS) is 16.0. The van der Waals surface area contributed by atoms with Crippen molar-refractivity contribution in [1.82, 2.24) is 10.3 Å². The predicted octanol–water partition coefficient (Wildman–Crippen LogP) is 3.18. The molecule has 7 nitrogen and oxygen atoms in total. The second-order valence-electron chi connectivity index (χ2n) is 8.06. The lowest BCUT2D eigenvalue weighted by molar-refractivity contribution is -0.123. The number of terminal acetylenes is 1. The molecule has 0 spiro atoms. The maximum Gasteiger partial charge on any atom is 0.247 e. The third-order valence-electron chi connectivity index (χ3n) is 5.61. The molecule has 0 aliphatic heterocycles. The highest BCUT2D eigenvalue weighted by atomic mass is 16.3. The number of aromatic nitrogens is 1. The van der Waals surface area contributed by atoms with E-state index in [1.54, 1.807) is 30.5 Å². The molecule has 1 amide bonds. The van der Waals surface area contributed by atoms with Crippen molar-refractivity contribution in [3.05, 3.63) is 87.9 Å². The van der Waals surface area contributed by atoms with Gasteiger partial charge in [-0.1, -0.05) is 36.3 Å². The van der Waals surface area contributed by atoms with Crippen LogP contribution in [0.2, 0.25) is 0 Å². The molecule has 0 bridgehead atoms. The Labute approximate surface area is 198 Å². The van der Waals surface area contributed by atoms with Crippen LogP contribution in [0.5, 0.6) is 5.75 Å². The first-order valence-corrected chi connectivity index (χ1v) is 11.0. The maximum absolute atomic E-state index is 12.5. The number of carbonyl (C=O) groups excluding carboxylic acids is 1. The number of H-pyrrole nitrogens is 1. The van der Waals surface area contributed by atoms with E-state index in [2.05, 4.69) is 16.2 Å². The number of pyridine rings is 1. The van der Waals surface area contributed by atoms with Crippen molar-refractivity contribution < 1.29 is 9.90 Å². The SMILES string of the molecule is C#CC(/C=C/c1cc(C(=N)N)ccc1O)CCCNC(=O)C1C=CC(c2ccc(=O)[nH]c2)=CC1. The number of rotatable bonds is 9. The number of nitrogen functional groups attached to an aromatic ring is 1. The number of nitrogens with one attached hydrogen (secondary N) is 3. The van der Waals surface area contributed by atoms with Gasteiger partial charge in [-0.2, -0.15) is 0 Å². The van der Waals surface area contributed by atoms with E-state index in [-0.39, 0.29) is 34.9 Å². The van der Waals surface area contributed by atoms with Crippen LogP contribution in [-0.4, -0.2) is 28.4 Å². The van der Waals surface area contributed by atoms with Crippen LogP contribution >= 0.6 is 0 Å². The first-order valence-electron chi connectivity index (χ1n) is 11.0.